The number of hydrogen-bond acceptors (Lipinski definition) is 5. The normalized spacial score (nSPS) is 19.2. The van der Waals surface area contributed by atoms with Crippen molar-refractivity contribution < 1.29 is 18.3 Å². The van der Waals surface area contributed by atoms with Gasteiger partial charge < -0.3 is 9.84 Å². The van der Waals surface area contributed by atoms with Crippen molar-refractivity contribution in [3.63, 3.8) is 0 Å². The second-order valence-electron chi connectivity index (χ2n) is 7.26. The first-order valence-corrected chi connectivity index (χ1v) is 12.6. The van der Waals surface area contributed by atoms with E-state index >= 15 is 0 Å². The van der Waals surface area contributed by atoms with Crippen molar-refractivity contribution in [1.29, 1.82) is 0 Å². The van der Waals surface area contributed by atoms with E-state index in [9.17, 15) is 13.5 Å². The van der Waals surface area contributed by atoms with Crippen molar-refractivity contribution in [2.24, 2.45) is 0 Å². The zero-order valence-electron chi connectivity index (χ0n) is 15.9. The molecule has 0 saturated carbocycles. The van der Waals surface area contributed by atoms with Crippen molar-refractivity contribution in [1.82, 2.24) is 4.90 Å². The smallest absolute Gasteiger partial charge is 0.151 e. The number of benzene rings is 2. The average molecular weight is 513 g/mol. The van der Waals surface area contributed by atoms with Gasteiger partial charge in [0.25, 0.3) is 0 Å². The number of hydrogen-bond donors (Lipinski definition) is 1. The fraction of sp³-hybridized carbons (Fsp3) is 0.400. The molecule has 2 aromatic rings. The lowest BCUT2D eigenvalue weighted by Gasteiger charge is -2.30. The van der Waals surface area contributed by atoms with Crippen molar-refractivity contribution in [2.75, 3.05) is 24.7 Å². The van der Waals surface area contributed by atoms with Gasteiger partial charge in [0.05, 0.1) is 16.5 Å². The van der Waals surface area contributed by atoms with Gasteiger partial charge >= 0.3 is 0 Å². The van der Waals surface area contributed by atoms with Crippen LogP contribution in [0, 0.1) is 0 Å². The van der Waals surface area contributed by atoms with Gasteiger partial charge in [-0.1, -0.05) is 52.5 Å². The van der Waals surface area contributed by atoms with Crippen LogP contribution in [0.5, 0.6) is 5.75 Å². The Hall–Kier alpha value is -0.730. The molecule has 2 unspecified atom stereocenters. The lowest BCUT2D eigenvalue weighted by molar-refractivity contribution is 0.0525. The lowest BCUT2D eigenvalue weighted by Crippen LogP contribution is -2.42. The Morgan fingerprint density at radius 3 is 2.33 bits per heavy atom. The van der Waals surface area contributed by atoms with Crippen molar-refractivity contribution in [3.8, 4) is 5.75 Å². The molecule has 1 N–H and O–H groups in total. The molecule has 0 aromatic heterocycles. The van der Waals surface area contributed by atoms with Gasteiger partial charge in [0.2, 0.25) is 0 Å². The highest BCUT2D eigenvalue weighted by Crippen LogP contribution is 2.28. The fourth-order valence-electron chi connectivity index (χ4n) is 3.38. The highest BCUT2D eigenvalue weighted by atomic mass is 35.5. The van der Waals surface area contributed by atoms with Crippen molar-refractivity contribution in [2.45, 2.75) is 25.1 Å². The van der Waals surface area contributed by atoms with Gasteiger partial charge in [-0.3, -0.25) is 4.90 Å². The summed E-state index contributed by atoms with van der Waals surface area (Å²) in [5.74, 6) is 0.598. The van der Waals surface area contributed by atoms with Gasteiger partial charge in [-0.05, 0) is 42.3 Å². The van der Waals surface area contributed by atoms with Crippen molar-refractivity contribution in [3.05, 3.63) is 62.1 Å². The summed E-state index contributed by atoms with van der Waals surface area (Å²) >= 11 is 24.3. The Morgan fingerprint density at radius 2 is 1.73 bits per heavy atom. The van der Waals surface area contributed by atoms with E-state index in [0.717, 1.165) is 5.56 Å². The minimum absolute atomic E-state index is 0.00826. The number of nitrogens with zero attached hydrogens (tertiary/aromatic N) is 1. The third kappa shape index (κ3) is 6.63. The molecule has 0 radical (unpaired) electrons. The molecule has 2 aromatic carbocycles. The third-order valence-corrected chi connectivity index (χ3v) is 7.75. The summed E-state index contributed by atoms with van der Waals surface area (Å²) in [4.78, 5) is 1.93. The molecule has 0 spiro atoms. The summed E-state index contributed by atoms with van der Waals surface area (Å²) in [6.45, 7) is 0.588. The number of halogens is 4. The summed E-state index contributed by atoms with van der Waals surface area (Å²) in [6, 6.07) is 9.80. The van der Waals surface area contributed by atoms with Crippen LogP contribution in [0.3, 0.4) is 0 Å². The van der Waals surface area contributed by atoms with Crippen molar-refractivity contribution >= 4 is 56.2 Å². The Kier molecular flexibility index (Phi) is 8.18. The van der Waals surface area contributed by atoms with Gasteiger partial charge in [-0.25, -0.2) is 8.42 Å². The number of sulfone groups is 1. The van der Waals surface area contributed by atoms with Gasteiger partial charge in [-0.15, -0.1) is 0 Å². The average Bonchev–Trinajstić information content (AvgIpc) is 3.02. The minimum Gasteiger partial charge on any atom is -0.489 e. The first kappa shape index (κ1) is 23.9. The van der Waals surface area contributed by atoms with Crippen LogP contribution in [0.15, 0.2) is 36.4 Å². The maximum atomic E-state index is 12.0. The lowest BCUT2D eigenvalue weighted by atomic mass is 10.1. The molecule has 2 atom stereocenters. The first-order valence-electron chi connectivity index (χ1n) is 9.27. The van der Waals surface area contributed by atoms with Crippen LogP contribution in [-0.2, 0) is 16.4 Å². The van der Waals surface area contributed by atoms with Crippen LogP contribution in [0.1, 0.15) is 12.0 Å². The number of rotatable bonds is 8. The Morgan fingerprint density at radius 1 is 1.07 bits per heavy atom. The Labute approximate surface area is 196 Å². The minimum atomic E-state index is -3.09. The van der Waals surface area contributed by atoms with Gasteiger partial charge in [0.15, 0.2) is 9.84 Å². The van der Waals surface area contributed by atoms with Crippen LogP contribution in [0.25, 0.3) is 0 Å². The number of aliphatic hydroxyl groups is 1. The standard InChI is InChI=1S/C20H21Cl4NO4S/c21-14-2-1-13(18(23)7-14)9-25(16-5-6-30(27,28)12-16)10-17(26)11-29-20-4-3-15(22)8-19(20)24/h1-4,7-8,16-17,26H,5-6,9-12H2. The molecule has 0 aliphatic carbocycles. The highest BCUT2D eigenvalue weighted by Gasteiger charge is 2.33. The monoisotopic (exact) mass is 511 g/mol. The van der Waals surface area contributed by atoms with Crippen LogP contribution in [0.4, 0.5) is 0 Å². The van der Waals surface area contributed by atoms with E-state index in [1.54, 1.807) is 36.4 Å². The molecular weight excluding hydrogens is 492 g/mol. The number of ether oxygens (including phenoxy) is 1. The van der Waals surface area contributed by atoms with E-state index < -0.39 is 15.9 Å². The third-order valence-electron chi connectivity index (χ3n) is 4.88. The molecule has 1 aliphatic heterocycles. The Balaban J connectivity index is 1.69. The molecule has 1 fully saturated rings. The van der Waals surface area contributed by atoms with E-state index in [1.807, 2.05) is 4.90 Å². The molecule has 164 valence electrons. The highest BCUT2D eigenvalue weighted by molar-refractivity contribution is 7.91. The Bertz CT molecular complexity index is 1000. The largest absolute Gasteiger partial charge is 0.489 e. The number of aliphatic hydroxyl groups excluding tert-OH is 1. The molecule has 3 rings (SSSR count). The second kappa shape index (κ2) is 10.3. The van der Waals surface area contributed by atoms with E-state index in [-0.39, 0.29) is 30.7 Å². The predicted molar refractivity (Wildman–Crippen MR) is 122 cm³/mol. The fourth-order valence-corrected chi connectivity index (χ4v) is 6.07. The van der Waals surface area contributed by atoms with E-state index in [1.165, 1.54) is 0 Å². The quantitative estimate of drug-likeness (QED) is 0.553. The molecule has 1 saturated heterocycles. The molecule has 0 bridgehead atoms. The molecule has 0 amide bonds. The van der Waals surface area contributed by atoms with E-state index in [0.29, 0.717) is 38.8 Å². The summed E-state index contributed by atoms with van der Waals surface area (Å²) in [7, 11) is -3.09. The molecule has 1 aliphatic rings. The predicted octanol–water partition coefficient (Wildman–Crippen LogP) is 4.73. The summed E-state index contributed by atoms with van der Waals surface area (Å²) in [5, 5.41) is 12.4. The van der Waals surface area contributed by atoms with E-state index in [4.69, 9.17) is 51.1 Å². The SMILES string of the molecule is O=S1(=O)CCC(N(Cc2ccc(Cl)cc2Cl)CC(O)COc2ccc(Cl)cc2Cl)C1. The van der Waals surface area contributed by atoms with Crippen LogP contribution >= 0.6 is 46.4 Å². The summed E-state index contributed by atoms with van der Waals surface area (Å²) in [5.41, 5.74) is 0.805. The maximum absolute atomic E-state index is 12.0. The van der Waals surface area contributed by atoms with Gasteiger partial charge in [0.1, 0.15) is 18.5 Å². The zero-order chi connectivity index (χ0) is 21.9. The maximum Gasteiger partial charge on any atom is 0.151 e. The zero-order valence-corrected chi connectivity index (χ0v) is 19.7. The first-order chi connectivity index (χ1) is 14.1. The van der Waals surface area contributed by atoms with Gasteiger partial charge in [0, 0.05) is 34.2 Å². The second-order valence-corrected chi connectivity index (χ2v) is 11.2. The molecule has 5 nitrogen and oxygen atoms in total. The van der Waals surface area contributed by atoms with Crippen LogP contribution in [-0.4, -0.2) is 55.2 Å². The van der Waals surface area contributed by atoms with Crippen LogP contribution in [0.2, 0.25) is 20.1 Å². The topological polar surface area (TPSA) is 66.8 Å². The summed E-state index contributed by atoms with van der Waals surface area (Å²) < 4.78 is 29.6. The van der Waals surface area contributed by atoms with Gasteiger partial charge in [-0.2, -0.15) is 0 Å². The molecule has 30 heavy (non-hydrogen) atoms. The molecular formula is C20H21Cl4NO4S. The molecule has 1 heterocycles. The summed E-state index contributed by atoms with van der Waals surface area (Å²) in [6.07, 6.45) is -0.365. The molecule has 10 heteroatoms. The van der Waals surface area contributed by atoms with Crippen LogP contribution < -0.4 is 4.74 Å². The van der Waals surface area contributed by atoms with E-state index in [2.05, 4.69) is 0 Å².